The number of aromatic nitrogens is 2. The molecule has 0 saturated carbocycles. The summed E-state index contributed by atoms with van der Waals surface area (Å²) in [6.45, 7) is 0.139. The summed E-state index contributed by atoms with van der Waals surface area (Å²) in [5, 5.41) is 5.92. The molecule has 0 spiro atoms. The number of aromatic amines is 1. The molecule has 2 aromatic rings. The van der Waals surface area contributed by atoms with Crippen LogP contribution in [0, 0.1) is 0 Å². The van der Waals surface area contributed by atoms with Crippen LogP contribution in [-0.2, 0) is 17.5 Å². The molecule has 0 bridgehead atoms. The molecule has 1 saturated heterocycles. The predicted octanol–water partition coefficient (Wildman–Crippen LogP) is 2.29. The number of nitrogens with zero attached hydrogens (tertiary/aromatic N) is 3. The van der Waals surface area contributed by atoms with Gasteiger partial charge >= 0.3 is 6.18 Å². The topological polar surface area (TPSA) is 69.3 Å². The number of amides is 1. The summed E-state index contributed by atoms with van der Waals surface area (Å²) in [6.07, 6.45) is -3.23. The predicted molar refractivity (Wildman–Crippen MR) is 88.9 cm³/mol. The fraction of sp³-hybridized carbons (Fsp3) is 0.312. The van der Waals surface area contributed by atoms with Gasteiger partial charge < -0.3 is 9.80 Å². The fourth-order valence-corrected chi connectivity index (χ4v) is 3.13. The van der Waals surface area contributed by atoms with Crippen LogP contribution in [0.4, 0.5) is 18.9 Å². The molecular formula is C16H14ClF3N4O2. The maximum atomic E-state index is 13.1. The van der Waals surface area contributed by atoms with Crippen LogP contribution in [0.3, 0.4) is 0 Å². The van der Waals surface area contributed by atoms with Crippen LogP contribution in [0.25, 0.3) is 0 Å². The zero-order valence-corrected chi connectivity index (χ0v) is 14.1. The summed E-state index contributed by atoms with van der Waals surface area (Å²) in [6, 6.07) is 5.16. The standard InChI is InChI=1S/C16H14ClF3N4O2/c17-12-7-21-22-15(26)14(12)24-6-5-23(13(25)9-24)8-10-3-1-2-4-11(10)16(18,19)20/h1-4,7H,5-6,8-9H2,(H,22,26). The lowest BCUT2D eigenvalue weighted by molar-refractivity contribution is -0.140. The third kappa shape index (κ3) is 3.67. The van der Waals surface area contributed by atoms with Crippen molar-refractivity contribution >= 4 is 23.2 Å². The van der Waals surface area contributed by atoms with E-state index in [1.165, 1.54) is 34.2 Å². The number of alkyl halides is 3. The largest absolute Gasteiger partial charge is 0.416 e. The first-order valence-electron chi connectivity index (χ1n) is 7.68. The van der Waals surface area contributed by atoms with Crippen LogP contribution in [-0.4, -0.2) is 40.6 Å². The Morgan fingerprint density at radius 1 is 1.19 bits per heavy atom. The number of hydrogen-bond acceptors (Lipinski definition) is 4. The van der Waals surface area contributed by atoms with Crippen molar-refractivity contribution in [2.75, 3.05) is 24.5 Å². The van der Waals surface area contributed by atoms with Crippen LogP contribution in [0.2, 0.25) is 5.02 Å². The molecule has 26 heavy (non-hydrogen) atoms. The van der Waals surface area contributed by atoms with Gasteiger partial charge in [0.25, 0.3) is 5.56 Å². The number of H-pyrrole nitrogens is 1. The molecule has 0 aliphatic carbocycles. The van der Waals surface area contributed by atoms with Gasteiger partial charge in [0.1, 0.15) is 5.69 Å². The number of halogens is 4. The molecular weight excluding hydrogens is 373 g/mol. The maximum Gasteiger partial charge on any atom is 0.416 e. The van der Waals surface area contributed by atoms with Crippen molar-refractivity contribution in [1.29, 1.82) is 0 Å². The van der Waals surface area contributed by atoms with E-state index in [1.807, 2.05) is 0 Å². The van der Waals surface area contributed by atoms with Crippen LogP contribution in [0.15, 0.2) is 35.3 Å². The van der Waals surface area contributed by atoms with Crippen molar-refractivity contribution in [2.45, 2.75) is 12.7 Å². The van der Waals surface area contributed by atoms with Gasteiger partial charge in [-0.15, -0.1) is 0 Å². The molecule has 1 fully saturated rings. The smallest absolute Gasteiger partial charge is 0.355 e. The first-order valence-corrected chi connectivity index (χ1v) is 8.06. The fourth-order valence-electron chi connectivity index (χ4n) is 2.87. The number of anilines is 1. The van der Waals surface area contributed by atoms with Crippen molar-refractivity contribution in [1.82, 2.24) is 15.1 Å². The number of hydrogen-bond donors (Lipinski definition) is 1. The molecule has 1 aromatic carbocycles. The van der Waals surface area contributed by atoms with Gasteiger partial charge in [0.15, 0.2) is 0 Å². The zero-order chi connectivity index (χ0) is 18.9. The van der Waals surface area contributed by atoms with E-state index in [0.717, 1.165) is 6.07 Å². The van der Waals surface area contributed by atoms with E-state index in [2.05, 4.69) is 10.2 Å². The summed E-state index contributed by atoms with van der Waals surface area (Å²) in [7, 11) is 0. The lowest BCUT2D eigenvalue weighted by Crippen LogP contribution is -2.51. The van der Waals surface area contributed by atoms with Crippen molar-refractivity contribution in [2.24, 2.45) is 0 Å². The molecule has 1 aromatic heterocycles. The molecule has 6 nitrogen and oxygen atoms in total. The van der Waals surface area contributed by atoms with Gasteiger partial charge in [0.05, 0.1) is 23.3 Å². The van der Waals surface area contributed by atoms with Crippen molar-refractivity contribution in [3.05, 3.63) is 57.0 Å². The molecule has 3 rings (SSSR count). The third-order valence-corrected chi connectivity index (χ3v) is 4.38. The maximum absolute atomic E-state index is 13.1. The van der Waals surface area contributed by atoms with E-state index in [-0.39, 0.29) is 48.4 Å². The van der Waals surface area contributed by atoms with Crippen LogP contribution >= 0.6 is 11.6 Å². The Labute approximate surface area is 151 Å². The minimum Gasteiger partial charge on any atom is -0.355 e. The number of carbonyl (C=O) groups is 1. The molecule has 0 atom stereocenters. The van der Waals surface area contributed by atoms with Gasteiger partial charge in [-0.2, -0.15) is 18.3 Å². The monoisotopic (exact) mass is 386 g/mol. The van der Waals surface area contributed by atoms with Crippen molar-refractivity contribution < 1.29 is 18.0 Å². The second-order valence-corrected chi connectivity index (χ2v) is 6.19. The first kappa shape index (κ1) is 18.2. The highest BCUT2D eigenvalue weighted by molar-refractivity contribution is 6.33. The number of nitrogens with one attached hydrogen (secondary N) is 1. The van der Waals surface area contributed by atoms with Crippen LogP contribution in [0.1, 0.15) is 11.1 Å². The van der Waals surface area contributed by atoms with Gasteiger partial charge in [-0.05, 0) is 11.6 Å². The zero-order valence-electron chi connectivity index (χ0n) is 13.4. The summed E-state index contributed by atoms with van der Waals surface area (Å²) < 4.78 is 39.3. The first-order chi connectivity index (χ1) is 12.3. The highest BCUT2D eigenvalue weighted by Gasteiger charge is 2.34. The number of carbonyl (C=O) groups excluding carboxylic acids is 1. The van der Waals surface area contributed by atoms with E-state index >= 15 is 0 Å². The van der Waals surface area contributed by atoms with Gasteiger partial charge in [-0.1, -0.05) is 29.8 Å². The molecule has 0 unspecified atom stereocenters. The van der Waals surface area contributed by atoms with Gasteiger partial charge in [0, 0.05) is 19.6 Å². The molecule has 2 heterocycles. The normalized spacial score (nSPS) is 15.5. The van der Waals surface area contributed by atoms with Crippen LogP contribution < -0.4 is 10.5 Å². The lowest BCUT2D eigenvalue weighted by atomic mass is 10.1. The Kier molecular flexibility index (Phi) is 4.90. The van der Waals surface area contributed by atoms with E-state index in [1.54, 1.807) is 0 Å². The van der Waals surface area contributed by atoms with E-state index in [0.29, 0.717) is 0 Å². The van der Waals surface area contributed by atoms with Crippen LogP contribution in [0.5, 0.6) is 0 Å². The minimum absolute atomic E-state index is 0.0293. The van der Waals surface area contributed by atoms with Crippen molar-refractivity contribution in [3.63, 3.8) is 0 Å². The lowest BCUT2D eigenvalue weighted by Gasteiger charge is -2.35. The average Bonchev–Trinajstić information content (AvgIpc) is 2.56. The Balaban J connectivity index is 1.77. The highest BCUT2D eigenvalue weighted by atomic mass is 35.5. The minimum atomic E-state index is -4.49. The molecule has 1 N–H and O–H groups in total. The summed E-state index contributed by atoms with van der Waals surface area (Å²) in [5.74, 6) is -0.388. The highest BCUT2D eigenvalue weighted by Crippen LogP contribution is 2.32. The SMILES string of the molecule is O=C1CN(c2c(Cl)cn[nH]c2=O)CCN1Cc1ccccc1C(F)(F)F. The molecule has 10 heteroatoms. The molecule has 0 radical (unpaired) electrons. The summed E-state index contributed by atoms with van der Waals surface area (Å²) in [5.41, 5.74) is -1.13. The molecule has 1 aliphatic rings. The Morgan fingerprint density at radius 3 is 2.58 bits per heavy atom. The number of piperazine rings is 1. The van der Waals surface area contributed by atoms with E-state index < -0.39 is 17.3 Å². The molecule has 1 amide bonds. The molecule has 138 valence electrons. The quantitative estimate of drug-likeness (QED) is 0.878. The average molecular weight is 387 g/mol. The van der Waals surface area contributed by atoms with Crippen molar-refractivity contribution in [3.8, 4) is 0 Å². The van der Waals surface area contributed by atoms with E-state index in [9.17, 15) is 22.8 Å². The Morgan fingerprint density at radius 2 is 1.92 bits per heavy atom. The van der Waals surface area contributed by atoms with E-state index in [4.69, 9.17) is 11.6 Å². The summed E-state index contributed by atoms with van der Waals surface area (Å²) >= 11 is 5.97. The van der Waals surface area contributed by atoms with Gasteiger partial charge in [-0.25, -0.2) is 5.10 Å². The van der Waals surface area contributed by atoms with Gasteiger partial charge in [-0.3, -0.25) is 9.59 Å². The second-order valence-electron chi connectivity index (χ2n) is 5.79. The second kappa shape index (κ2) is 6.99. The Hall–Kier alpha value is -2.55. The summed E-state index contributed by atoms with van der Waals surface area (Å²) in [4.78, 5) is 27.1. The molecule has 1 aliphatic heterocycles. The third-order valence-electron chi connectivity index (χ3n) is 4.10. The Bertz CT molecular complexity index is 884. The van der Waals surface area contributed by atoms with Gasteiger partial charge in [0.2, 0.25) is 5.91 Å². The number of benzene rings is 1. The number of rotatable bonds is 3.